The van der Waals surface area contributed by atoms with E-state index in [0.29, 0.717) is 12.2 Å². The van der Waals surface area contributed by atoms with Gasteiger partial charge in [-0.15, -0.1) is 16.4 Å². The van der Waals surface area contributed by atoms with Gasteiger partial charge in [-0.05, 0) is 22.9 Å². The zero-order valence-electron chi connectivity index (χ0n) is 10.1. The van der Waals surface area contributed by atoms with Crippen molar-refractivity contribution in [1.82, 2.24) is 15.0 Å². The SMILES string of the molecule is NCc1cn(CC(=O)c2cccc3ccsc23)nn1. The second-order valence-electron chi connectivity index (χ2n) is 4.18. The van der Waals surface area contributed by atoms with Crippen LogP contribution in [0.2, 0.25) is 0 Å². The van der Waals surface area contributed by atoms with Crippen molar-refractivity contribution in [3.63, 3.8) is 0 Å². The summed E-state index contributed by atoms with van der Waals surface area (Å²) in [5.41, 5.74) is 6.88. The molecule has 0 aliphatic carbocycles. The molecule has 0 aliphatic heterocycles. The predicted molar refractivity (Wildman–Crippen MR) is 74.1 cm³/mol. The smallest absolute Gasteiger partial charge is 0.185 e. The number of benzene rings is 1. The maximum Gasteiger partial charge on any atom is 0.185 e. The Bertz CT molecular complexity index is 731. The summed E-state index contributed by atoms with van der Waals surface area (Å²) in [7, 11) is 0. The summed E-state index contributed by atoms with van der Waals surface area (Å²) in [4.78, 5) is 12.3. The number of ketones is 1. The van der Waals surface area contributed by atoms with E-state index < -0.39 is 0 Å². The number of nitrogens with zero attached hydrogens (tertiary/aromatic N) is 3. The summed E-state index contributed by atoms with van der Waals surface area (Å²) in [6, 6.07) is 7.76. The zero-order chi connectivity index (χ0) is 13.2. The van der Waals surface area contributed by atoms with Gasteiger partial charge in [0.15, 0.2) is 5.78 Å². The van der Waals surface area contributed by atoms with Gasteiger partial charge in [0.05, 0.1) is 11.9 Å². The maximum absolute atomic E-state index is 12.3. The normalized spacial score (nSPS) is 11.0. The summed E-state index contributed by atoms with van der Waals surface area (Å²) in [5, 5.41) is 10.8. The summed E-state index contributed by atoms with van der Waals surface area (Å²) in [6.07, 6.45) is 1.70. The molecule has 0 spiro atoms. The third kappa shape index (κ3) is 2.27. The minimum absolute atomic E-state index is 0.0292. The van der Waals surface area contributed by atoms with E-state index in [-0.39, 0.29) is 12.3 Å². The van der Waals surface area contributed by atoms with E-state index in [4.69, 9.17) is 5.73 Å². The molecule has 5 nitrogen and oxygen atoms in total. The fourth-order valence-corrected chi connectivity index (χ4v) is 2.89. The molecule has 0 aliphatic rings. The highest BCUT2D eigenvalue weighted by atomic mass is 32.1. The van der Waals surface area contributed by atoms with Gasteiger partial charge in [0.1, 0.15) is 6.54 Å². The monoisotopic (exact) mass is 272 g/mol. The van der Waals surface area contributed by atoms with Gasteiger partial charge >= 0.3 is 0 Å². The number of carbonyl (C=O) groups is 1. The van der Waals surface area contributed by atoms with Crippen LogP contribution in [-0.4, -0.2) is 20.8 Å². The fraction of sp³-hybridized carbons (Fsp3) is 0.154. The number of thiophene rings is 1. The Hall–Kier alpha value is -2.05. The van der Waals surface area contributed by atoms with Gasteiger partial charge in [-0.1, -0.05) is 17.3 Å². The highest BCUT2D eigenvalue weighted by Gasteiger charge is 2.12. The predicted octanol–water partition coefficient (Wildman–Crippen LogP) is 1.83. The van der Waals surface area contributed by atoms with Crippen LogP contribution >= 0.6 is 11.3 Å². The van der Waals surface area contributed by atoms with Gasteiger partial charge in [0.2, 0.25) is 0 Å². The first-order valence-corrected chi connectivity index (χ1v) is 6.74. The summed E-state index contributed by atoms with van der Waals surface area (Å²) < 4.78 is 2.54. The summed E-state index contributed by atoms with van der Waals surface area (Å²) in [5.74, 6) is 0.0292. The van der Waals surface area contributed by atoms with Crippen LogP contribution in [0, 0.1) is 0 Å². The highest BCUT2D eigenvalue weighted by molar-refractivity contribution is 7.17. The molecule has 3 rings (SSSR count). The number of fused-ring (bicyclic) bond motifs is 1. The number of hydrogen-bond acceptors (Lipinski definition) is 5. The molecule has 0 bridgehead atoms. The number of hydrogen-bond donors (Lipinski definition) is 1. The van der Waals surface area contributed by atoms with E-state index >= 15 is 0 Å². The first-order chi connectivity index (χ1) is 9.28. The van der Waals surface area contributed by atoms with Crippen molar-refractivity contribution < 1.29 is 4.79 Å². The lowest BCUT2D eigenvalue weighted by atomic mass is 10.1. The zero-order valence-corrected chi connectivity index (χ0v) is 10.9. The lowest BCUT2D eigenvalue weighted by Gasteiger charge is -2.02. The Morgan fingerprint density at radius 2 is 2.26 bits per heavy atom. The van der Waals surface area contributed by atoms with E-state index in [1.54, 1.807) is 17.5 Å². The average molecular weight is 272 g/mol. The molecule has 19 heavy (non-hydrogen) atoms. The lowest BCUT2D eigenvalue weighted by Crippen LogP contribution is -2.11. The summed E-state index contributed by atoms with van der Waals surface area (Å²) in [6.45, 7) is 0.513. The molecule has 0 saturated carbocycles. The van der Waals surface area contributed by atoms with Crippen molar-refractivity contribution in [3.05, 3.63) is 47.1 Å². The summed E-state index contributed by atoms with van der Waals surface area (Å²) >= 11 is 1.58. The van der Waals surface area contributed by atoms with Crippen LogP contribution in [0.4, 0.5) is 0 Å². The van der Waals surface area contributed by atoms with E-state index in [1.807, 2.05) is 29.6 Å². The van der Waals surface area contributed by atoms with Gasteiger partial charge in [0.25, 0.3) is 0 Å². The van der Waals surface area contributed by atoms with Gasteiger partial charge in [0, 0.05) is 16.8 Å². The maximum atomic E-state index is 12.3. The Morgan fingerprint density at radius 3 is 3.05 bits per heavy atom. The molecule has 1 aromatic carbocycles. The average Bonchev–Trinajstić information content (AvgIpc) is 3.05. The number of carbonyl (C=O) groups excluding carboxylic acids is 1. The number of nitrogens with two attached hydrogens (primary N) is 1. The minimum Gasteiger partial charge on any atom is -0.325 e. The third-order valence-electron chi connectivity index (χ3n) is 2.88. The van der Waals surface area contributed by atoms with Crippen LogP contribution in [0.25, 0.3) is 10.1 Å². The highest BCUT2D eigenvalue weighted by Crippen LogP contribution is 2.25. The van der Waals surface area contributed by atoms with E-state index in [1.165, 1.54) is 4.68 Å². The first-order valence-electron chi connectivity index (χ1n) is 5.86. The number of rotatable bonds is 4. The molecule has 0 fully saturated rings. The molecule has 0 atom stereocenters. The molecular weight excluding hydrogens is 260 g/mol. The molecular formula is C13H12N4OS. The van der Waals surface area contributed by atoms with Crippen molar-refractivity contribution in [2.45, 2.75) is 13.1 Å². The molecule has 0 saturated heterocycles. The second-order valence-corrected chi connectivity index (χ2v) is 5.10. The van der Waals surface area contributed by atoms with E-state index in [2.05, 4.69) is 10.3 Å². The largest absolute Gasteiger partial charge is 0.325 e. The van der Waals surface area contributed by atoms with Crippen molar-refractivity contribution in [2.24, 2.45) is 5.73 Å². The van der Waals surface area contributed by atoms with Crippen LogP contribution in [0.15, 0.2) is 35.8 Å². The number of Topliss-reactive ketones (excluding diaryl/α,β-unsaturated/α-hetero) is 1. The van der Waals surface area contributed by atoms with Crippen LogP contribution in [0.1, 0.15) is 16.1 Å². The Labute approximate surface area is 113 Å². The molecule has 2 N–H and O–H groups in total. The molecule has 96 valence electrons. The van der Waals surface area contributed by atoms with E-state index in [9.17, 15) is 4.79 Å². The first kappa shape index (κ1) is 12.0. The molecule has 0 unspecified atom stereocenters. The van der Waals surface area contributed by atoms with Gasteiger partial charge in [-0.3, -0.25) is 4.79 Å². The van der Waals surface area contributed by atoms with Crippen molar-refractivity contribution >= 4 is 27.2 Å². The standard InChI is InChI=1S/C13H12N4OS/c14-6-10-7-17(16-15-10)8-12(18)11-3-1-2-9-4-5-19-13(9)11/h1-5,7H,6,8,14H2. The van der Waals surface area contributed by atoms with Gasteiger partial charge in [-0.25, -0.2) is 4.68 Å². The number of aromatic nitrogens is 3. The van der Waals surface area contributed by atoms with Crippen LogP contribution in [0.3, 0.4) is 0 Å². The Kier molecular flexibility index (Phi) is 3.10. The van der Waals surface area contributed by atoms with Gasteiger partial charge < -0.3 is 5.73 Å². The second kappa shape index (κ2) is 4.91. The van der Waals surface area contributed by atoms with Crippen molar-refractivity contribution in [2.75, 3.05) is 0 Å². The van der Waals surface area contributed by atoms with Crippen molar-refractivity contribution in [1.29, 1.82) is 0 Å². The van der Waals surface area contributed by atoms with E-state index in [0.717, 1.165) is 15.6 Å². The minimum atomic E-state index is 0.0292. The molecule has 3 aromatic rings. The molecule has 2 aromatic heterocycles. The van der Waals surface area contributed by atoms with Crippen LogP contribution in [-0.2, 0) is 13.1 Å². The quantitative estimate of drug-likeness (QED) is 0.735. The van der Waals surface area contributed by atoms with Crippen molar-refractivity contribution in [3.8, 4) is 0 Å². The Morgan fingerprint density at radius 1 is 1.37 bits per heavy atom. The third-order valence-corrected chi connectivity index (χ3v) is 3.84. The molecule has 6 heteroatoms. The van der Waals surface area contributed by atoms with Crippen LogP contribution < -0.4 is 5.73 Å². The fourth-order valence-electron chi connectivity index (χ4n) is 1.95. The topological polar surface area (TPSA) is 73.8 Å². The Balaban J connectivity index is 1.89. The lowest BCUT2D eigenvalue weighted by molar-refractivity contribution is 0.0968. The molecule has 0 amide bonds. The van der Waals surface area contributed by atoms with Crippen LogP contribution in [0.5, 0.6) is 0 Å². The molecule has 2 heterocycles. The van der Waals surface area contributed by atoms with Gasteiger partial charge in [-0.2, -0.15) is 0 Å². The molecule has 0 radical (unpaired) electrons.